The second-order valence-electron chi connectivity index (χ2n) is 5.69. The van der Waals surface area contributed by atoms with Crippen molar-refractivity contribution in [2.24, 2.45) is 5.92 Å². The largest absolute Gasteiger partial charge is 0.493 e. The fraction of sp³-hybridized carbons (Fsp3) is 0.412. The molecule has 1 amide bonds. The number of hydrogen-bond acceptors (Lipinski definition) is 3. The number of rotatable bonds is 6. The molecule has 1 aromatic rings. The molecule has 1 aliphatic carbocycles. The molecule has 0 bridgehead atoms. The van der Waals surface area contributed by atoms with Crippen molar-refractivity contribution in [3.05, 3.63) is 35.4 Å². The minimum atomic E-state index is -0.292. The highest BCUT2D eigenvalue weighted by atomic mass is 16.5. The maximum Gasteiger partial charge on any atom is 0.262 e. The van der Waals surface area contributed by atoms with Crippen molar-refractivity contribution in [1.82, 2.24) is 5.32 Å². The molecule has 0 atom stereocenters. The number of carbonyl (C=O) groups is 1. The summed E-state index contributed by atoms with van der Waals surface area (Å²) in [5.74, 6) is 0.975. The third-order valence-electron chi connectivity index (χ3n) is 3.05. The predicted molar refractivity (Wildman–Crippen MR) is 81.5 cm³/mol. The van der Waals surface area contributed by atoms with Crippen molar-refractivity contribution < 1.29 is 9.53 Å². The summed E-state index contributed by atoms with van der Waals surface area (Å²) < 4.78 is 5.60. The van der Waals surface area contributed by atoms with Crippen LogP contribution < -0.4 is 10.1 Å². The monoisotopic (exact) mass is 284 g/mol. The normalized spacial score (nSPS) is 14.7. The molecule has 1 saturated carbocycles. The van der Waals surface area contributed by atoms with E-state index in [0.29, 0.717) is 12.5 Å². The summed E-state index contributed by atoms with van der Waals surface area (Å²) in [6.45, 7) is 4.85. The molecule has 1 N–H and O–H groups in total. The fourth-order valence-corrected chi connectivity index (χ4v) is 1.73. The van der Waals surface area contributed by atoms with E-state index < -0.39 is 0 Å². The van der Waals surface area contributed by atoms with Gasteiger partial charge < -0.3 is 10.1 Å². The number of hydrogen-bond donors (Lipinski definition) is 1. The molecule has 1 aromatic carbocycles. The van der Waals surface area contributed by atoms with E-state index in [9.17, 15) is 4.79 Å². The van der Waals surface area contributed by atoms with E-state index in [1.165, 1.54) is 0 Å². The van der Waals surface area contributed by atoms with E-state index in [-0.39, 0.29) is 17.5 Å². The van der Waals surface area contributed by atoms with Crippen molar-refractivity contribution in [2.75, 3.05) is 6.61 Å². The van der Waals surface area contributed by atoms with Crippen LogP contribution in [0.25, 0.3) is 6.08 Å². The summed E-state index contributed by atoms with van der Waals surface area (Å²) >= 11 is 0. The second kappa shape index (κ2) is 6.94. The Morgan fingerprint density at radius 3 is 2.62 bits per heavy atom. The molecule has 0 aliphatic heterocycles. The first kappa shape index (κ1) is 15.1. The zero-order chi connectivity index (χ0) is 15.2. The van der Waals surface area contributed by atoms with Crippen LogP contribution in [0.1, 0.15) is 32.3 Å². The van der Waals surface area contributed by atoms with Crippen molar-refractivity contribution >= 4 is 12.0 Å². The minimum Gasteiger partial charge on any atom is -0.493 e. The maximum atomic E-state index is 11.8. The zero-order valence-corrected chi connectivity index (χ0v) is 12.4. The lowest BCUT2D eigenvalue weighted by molar-refractivity contribution is -0.117. The van der Waals surface area contributed by atoms with E-state index in [4.69, 9.17) is 10.00 Å². The molecule has 0 saturated heterocycles. The molecule has 4 heteroatoms. The number of nitrogens with one attached hydrogen (secondary N) is 1. The summed E-state index contributed by atoms with van der Waals surface area (Å²) in [7, 11) is 0. The molecule has 0 heterocycles. The smallest absolute Gasteiger partial charge is 0.262 e. The molecule has 2 rings (SSSR count). The Hall–Kier alpha value is -2.28. The Morgan fingerprint density at radius 1 is 1.43 bits per heavy atom. The molecule has 110 valence electrons. The Bertz CT molecular complexity index is 563. The van der Waals surface area contributed by atoms with Gasteiger partial charge in [-0.3, -0.25) is 4.79 Å². The lowest BCUT2D eigenvalue weighted by Gasteiger charge is -2.08. The summed E-state index contributed by atoms with van der Waals surface area (Å²) in [4.78, 5) is 11.8. The average molecular weight is 284 g/mol. The number of amides is 1. The van der Waals surface area contributed by atoms with Gasteiger partial charge in [0.15, 0.2) is 0 Å². The molecule has 0 unspecified atom stereocenters. The van der Waals surface area contributed by atoms with E-state index in [0.717, 1.165) is 24.2 Å². The molecule has 0 spiro atoms. The van der Waals surface area contributed by atoms with Gasteiger partial charge in [-0.25, -0.2) is 0 Å². The molecule has 0 radical (unpaired) electrons. The van der Waals surface area contributed by atoms with Gasteiger partial charge in [0, 0.05) is 6.04 Å². The Balaban J connectivity index is 2.00. The molecule has 1 aliphatic rings. The number of nitrogens with zero attached hydrogens (tertiary/aromatic N) is 1. The number of ether oxygens (including phenoxy) is 1. The molecule has 0 aromatic heterocycles. The van der Waals surface area contributed by atoms with Crippen LogP contribution in [-0.2, 0) is 4.79 Å². The lowest BCUT2D eigenvalue weighted by Crippen LogP contribution is -2.26. The quantitative estimate of drug-likeness (QED) is 0.645. The van der Waals surface area contributed by atoms with Crippen LogP contribution in [0.3, 0.4) is 0 Å². The summed E-state index contributed by atoms with van der Waals surface area (Å²) in [5, 5.41) is 11.9. The predicted octanol–water partition coefficient (Wildman–Crippen LogP) is 2.91. The van der Waals surface area contributed by atoms with Gasteiger partial charge in [-0.1, -0.05) is 26.0 Å². The van der Waals surface area contributed by atoms with Gasteiger partial charge in [-0.15, -0.1) is 0 Å². The number of carbonyl (C=O) groups excluding carboxylic acids is 1. The molecular formula is C17H20N2O2. The van der Waals surface area contributed by atoms with Crippen LogP contribution >= 0.6 is 0 Å². The summed E-state index contributed by atoms with van der Waals surface area (Å²) in [6.07, 6.45) is 3.61. The van der Waals surface area contributed by atoms with Gasteiger partial charge in [0.1, 0.15) is 17.4 Å². The first-order valence-corrected chi connectivity index (χ1v) is 7.24. The van der Waals surface area contributed by atoms with Gasteiger partial charge in [0.2, 0.25) is 0 Å². The lowest BCUT2D eigenvalue weighted by atomic mass is 10.1. The van der Waals surface area contributed by atoms with Gasteiger partial charge in [-0.2, -0.15) is 5.26 Å². The van der Waals surface area contributed by atoms with Crippen molar-refractivity contribution in [2.45, 2.75) is 32.7 Å². The van der Waals surface area contributed by atoms with Crippen molar-refractivity contribution in [3.8, 4) is 11.8 Å². The Kier molecular flexibility index (Phi) is 4.99. The zero-order valence-electron chi connectivity index (χ0n) is 12.4. The Morgan fingerprint density at radius 2 is 2.10 bits per heavy atom. The summed E-state index contributed by atoms with van der Waals surface area (Å²) in [6, 6.07) is 9.59. The van der Waals surface area contributed by atoms with Crippen LogP contribution in [0.2, 0.25) is 0 Å². The average Bonchev–Trinajstić information content (AvgIpc) is 3.27. The van der Waals surface area contributed by atoms with Gasteiger partial charge in [-0.05, 0) is 42.5 Å². The van der Waals surface area contributed by atoms with Crippen molar-refractivity contribution in [1.29, 1.82) is 5.26 Å². The number of benzene rings is 1. The topological polar surface area (TPSA) is 62.1 Å². The highest BCUT2D eigenvalue weighted by Crippen LogP contribution is 2.20. The van der Waals surface area contributed by atoms with Crippen molar-refractivity contribution in [3.63, 3.8) is 0 Å². The maximum absolute atomic E-state index is 11.8. The third-order valence-corrected chi connectivity index (χ3v) is 3.05. The molecular weight excluding hydrogens is 264 g/mol. The van der Waals surface area contributed by atoms with Gasteiger partial charge in [0.25, 0.3) is 5.91 Å². The fourth-order valence-electron chi connectivity index (χ4n) is 1.73. The highest BCUT2D eigenvalue weighted by molar-refractivity contribution is 6.01. The molecule has 4 nitrogen and oxygen atoms in total. The second-order valence-corrected chi connectivity index (χ2v) is 5.69. The van der Waals surface area contributed by atoms with Crippen LogP contribution in [-0.4, -0.2) is 18.6 Å². The van der Waals surface area contributed by atoms with Crippen LogP contribution in [0.5, 0.6) is 5.75 Å². The SMILES string of the molecule is CC(C)COc1ccc(/C=C(\C#N)C(=O)NC2CC2)cc1. The highest BCUT2D eigenvalue weighted by Gasteiger charge is 2.24. The minimum absolute atomic E-state index is 0.137. The third kappa shape index (κ3) is 4.96. The first-order valence-electron chi connectivity index (χ1n) is 7.24. The van der Waals surface area contributed by atoms with Gasteiger partial charge >= 0.3 is 0 Å². The molecule has 21 heavy (non-hydrogen) atoms. The van der Waals surface area contributed by atoms with Crippen LogP contribution in [0.4, 0.5) is 0 Å². The van der Waals surface area contributed by atoms with E-state index in [2.05, 4.69) is 19.2 Å². The number of nitriles is 1. The Labute approximate surface area is 125 Å². The van der Waals surface area contributed by atoms with E-state index in [1.54, 1.807) is 6.08 Å². The van der Waals surface area contributed by atoms with E-state index in [1.807, 2.05) is 30.3 Å². The van der Waals surface area contributed by atoms with E-state index >= 15 is 0 Å². The molecule has 1 fully saturated rings. The standard InChI is InChI=1S/C17H20N2O2/c1-12(2)11-21-16-7-3-13(4-8-16)9-14(10-18)17(20)19-15-5-6-15/h3-4,7-9,12,15H,5-6,11H2,1-2H3,(H,19,20)/b14-9+. The van der Waals surface area contributed by atoms with Crippen LogP contribution in [0, 0.1) is 17.2 Å². The summed E-state index contributed by atoms with van der Waals surface area (Å²) in [5.41, 5.74) is 0.951. The first-order chi connectivity index (χ1) is 10.1. The van der Waals surface area contributed by atoms with Crippen LogP contribution in [0.15, 0.2) is 29.8 Å². The van der Waals surface area contributed by atoms with Gasteiger partial charge in [0.05, 0.1) is 6.61 Å².